The first-order valence-electron chi connectivity index (χ1n) is 12.2. The van der Waals surface area contributed by atoms with Crippen molar-refractivity contribution in [2.75, 3.05) is 20.0 Å². The number of hydrogen-bond acceptors (Lipinski definition) is 8. The molecule has 0 radical (unpaired) electrons. The molecule has 1 N–H and O–H groups in total. The Morgan fingerprint density at radius 3 is 2.51 bits per heavy atom. The van der Waals surface area contributed by atoms with E-state index in [9.17, 15) is 14.7 Å². The fourth-order valence-corrected chi connectivity index (χ4v) is 5.90. The van der Waals surface area contributed by atoms with Crippen LogP contribution in [0.1, 0.15) is 29.7 Å². The predicted octanol–water partition coefficient (Wildman–Crippen LogP) is 4.37. The smallest absolute Gasteiger partial charge is 0.338 e. The maximum absolute atomic E-state index is 14.0. The number of esters is 1. The quantitative estimate of drug-likeness (QED) is 0.268. The van der Waals surface area contributed by atoms with Crippen LogP contribution in [0.15, 0.2) is 93.1 Å². The van der Waals surface area contributed by atoms with Gasteiger partial charge >= 0.3 is 5.97 Å². The van der Waals surface area contributed by atoms with E-state index in [1.807, 2.05) is 60.9 Å². The summed E-state index contributed by atoms with van der Waals surface area (Å²) in [4.78, 5) is 33.8. The molecule has 0 fully saturated rings. The largest absolute Gasteiger partial charge is 0.504 e. The molecule has 1 aromatic heterocycles. The Labute approximate surface area is 233 Å². The van der Waals surface area contributed by atoms with Crippen LogP contribution >= 0.6 is 23.1 Å². The number of ether oxygens (including phenoxy) is 2. The molecule has 1 aliphatic rings. The number of phenols is 1. The van der Waals surface area contributed by atoms with Gasteiger partial charge in [-0.05, 0) is 43.0 Å². The summed E-state index contributed by atoms with van der Waals surface area (Å²) in [5, 5.41) is 10.6. The molecule has 0 spiro atoms. The molecule has 1 aliphatic heterocycles. The van der Waals surface area contributed by atoms with Gasteiger partial charge in [-0.1, -0.05) is 65.9 Å². The third-order valence-corrected chi connectivity index (χ3v) is 8.07. The second kappa shape index (κ2) is 11.3. The lowest BCUT2D eigenvalue weighted by Gasteiger charge is -2.26. The van der Waals surface area contributed by atoms with E-state index in [-0.39, 0.29) is 17.9 Å². The van der Waals surface area contributed by atoms with Crippen molar-refractivity contribution in [2.24, 2.45) is 4.99 Å². The highest BCUT2D eigenvalue weighted by Gasteiger charge is 2.35. The van der Waals surface area contributed by atoms with Gasteiger partial charge in [0.15, 0.2) is 16.3 Å². The van der Waals surface area contributed by atoms with Crippen molar-refractivity contribution < 1.29 is 19.4 Å². The Morgan fingerprint density at radius 1 is 1.10 bits per heavy atom. The first-order valence-corrected chi connectivity index (χ1v) is 14.3. The van der Waals surface area contributed by atoms with Crippen LogP contribution in [0.25, 0.3) is 11.8 Å². The molecule has 0 aliphatic carbocycles. The number of rotatable bonds is 7. The van der Waals surface area contributed by atoms with Crippen molar-refractivity contribution in [3.05, 3.63) is 115 Å². The van der Waals surface area contributed by atoms with E-state index >= 15 is 0 Å². The standard InChI is InChI=1S/C30H26N2O5S2/c1-4-37-29(35)24-25(18-9-6-5-7-10-18)31-30-32(26(24)19-13-15-21(38-3)16-14-19)28(34)23(39-30)17-20-11-8-12-22(36-2)27(20)33/h5-17,26,33H,4H2,1-3H3/b23-17-/t26-/m0/s1. The zero-order chi connectivity index (χ0) is 27.5. The number of benzene rings is 3. The molecule has 0 unspecified atom stereocenters. The minimum absolute atomic E-state index is 0.0628. The molecule has 0 saturated heterocycles. The zero-order valence-electron chi connectivity index (χ0n) is 21.6. The SMILES string of the molecule is CCOC(=O)C1=C(c2ccccc2)N=c2s/c(=C\c3cccc(OC)c3O)c(=O)n2[C@H]1c1ccc(SC)cc1. The molecule has 198 valence electrons. The molecule has 9 heteroatoms. The average molecular weight is 559 g/mol. The monoisotopic (exact) mass is 558 g/mol. The highest BCUT2D eigenvalue weighted by molar-refractivity contribution is 7.98. The number of methoxy groups -OCH3 is 1. The Kier molecular flexibility index (Phi) is 7.72. The Balaban J connectivity index is 1.82. The van der Waals surface area contributed by atoms with Crippen LogP contribution < -0.4 is 19.6 Å². The molecule has 4 aromatic rings. The van der Waals surface area contributed by atoms with Gasteiger partial charge in [0.1, 0.15) is 0 Å². The van der Waals surface area contributed by atoms with Crippen LogP contribution in [0, 0.1) is 0 Å². The Morgan fingerprint density at radius 2 is 1.85 bits per heavy atom. The van der Waals surface area contributed by atoms with Gasteiger partial charge in [0.25, 0.3) is 5.56 Å². The van der Waals surface area contributed by atoms with E-state index in [0.717, 1.165) is 16.0 Å². The van der Waals surface area contributed by atoms with E-state index in [0.29, 0.717) is 31.9 Å². The molecule has 0 amide bonds. The van der Waals surface area contributed by atoms with Crippen LogP contribution in [0.5, 0.6) is 11.5 Å². The van der Waals surface area contributed by atoms with E-state index < -0.39 is 12.0 Å². The summed E-state index contributed by atoms with van der Waals surface area (Å²) in [6, 6.07) is 21.5. The highest BCUT2D eigenvalue weighted by Crippen LogP contribution is 2.36. The second-order valence-corrected chi connectivity index (χ2v) is 10.5. The van der Waals surface area contributed by atoms with Crippen molar-refractivity contribution in [3.8, 4) is 11.5 Å². The normalized spacial score (nSPS) is 15.1. The van der Waals surface area contributed by atoms with Gasteiger partial charge in [-0.25, -0.2) is 9.79 Å². The molecule has 39 heavy (non-hydrogen) atoms. The van der Waals surface area contributed by atoms with Crippen LogP contribution in [-0.4, -0.2) is 35.6 Å². The lowest BCUT2D eigenvalue weighted by atomic mass is 9.93. The van der Waals surface area contributed by atoms with E-state index in [2.05, 4.69) is 0 Å². The molecular weight excluding hydrogens is 532 g/mol. The van der Waals surface area contributed by atoms with Gasteiger partial charge in [0, 0.05) is 16.0 Å². The van der Waals surface area contributed by atoms with Crippen molar-refractivity contribution in [1.29, 1.82) is 0 Å². The molecule has 1 atom stereocenters. The minimum atomic E-state index is -0.757. The summed E-state index contributed by atoms with van der Waals surface area (Å²) in [7, 11) is 1.47. The molecule has 0 saturated carbocycles. The third-order valence-electron chi connectivity index (χ3n) is 6.34. The number of carbonyl (C=O) groups excluding carboxylic acids is 1. The molecule has 0 bridgehead atoms. The van der Waals surface area contributed by atoms with Crippen molar-refractivity contribution in [3.63, 3.8) is 0 Å². The zero-order valence-corrected chi connectivity index (χ0v) is 23.2. The number of thiazole rings is 1. The number of phenolic OH excluding ortho intramolecular Hbond substituents is 1. The summed E-state index contributed by atoms with van der Waals surface area (Å²) in [6.07, 6.45) is 3.61. The van der Waals surface area contributed by atoms with Gasteiger partial charge in [0.2, 0.25) is 0 Å². The maximum Gasteiger partial charge on any atom is 0.338 e. The first-order chi connectivity index (χ1) is 19.0. The summed E-state index contributed by atoms with van der Waals surface area (Å²) in [5.74, 6) is -0.287. The fourth-order valence-electron chi connectivity index (χ4n) is 4.50. The maximum atomic E-state index is 14.0. The first kappa shape index (κ1) is 26.5. The van der Waals surface area contributed by atoms with Crippen molar-refractivity contribution in [2.45, 2.75) is 17.9 Å². The fraction of sp³-hybridized carbons (Fsp3) is 0.167. The number of aromatic nitrogens is 1. The van der Waals surface area contributed by atoms with Crippen LogP contribution in [-0.2, 0) is 9.53 Å². The van der Waals surface area contributed by atoms with E-state index in [1.54, 1.807) is 47.5 Å². The van der Waals surface area contributed by atoms with Crippen LogP contribution in [0.4, 0.5) is 0 Å². The number of thioether (sulfide) groups is 1. The van der Waals surface area contributed by atoms with Gasteiger partial charge in [-0.15, -0.1) is 11.8 Å². The molecule has 3 aromatic carbocycles. The van der Waals surface area contributed by atoms with E-state index in [4.69, 9.17) is 14.5 Å². The van der Waals surface area contributed by atoms with Crippen molar-refractivity contribution in [1.82, 2.24) is 4.57 Å². The average Bonchev–Trinajstić information content (AvgIpc) is 3.28. The third kappa shape index (κ3) is 5.03. The lowest BCUT2D eigenvalue weighted by Crippen LogP contribution is -2.40. The van der Waals surface area contributed by atoms with Crippen molar-refractivity contribution >= 4 is 40.8 Å². The number of fused-ring (bicyclic) bond motifs is 1. The number of carbonyl (C=O) groups is 1. The Hall–Kier alpha value is -4.08. The van der Waals surface area contributed by atoms with Gasteiger partial charge in [0.05, 0.1) is 35.6 Å². The highest BCUT2D eigenvalue weighted by atomic mass is 32.2. The molecular formula is C30H26N2O5S2. The summed E-state index contributed by atoms with van der Waals surface area (Å²) in [5.41, 5.74) is 2.38. The van der Waals surface area contributed by atoms with Gasteiger partial charge in [-0.3, -0.25) is 9.36 Å². The number of nitrogens with zero attached hydrogens (tertiary/aromatic N) is 2. The lowest BCUT2D eigenvalue weighted by molar-refractivity contribution is -0.138. The molecule has 2 heterocycles. The Bertz CT molecular complexity index is 1740. The summed E-state index contributed by atoms with van der Waals surface area (Å²) >= 11 is 2.80. The summed E-state index contributed by atoms with van der Waals surface area (Å²) < 4.78 is 12.6. The van der Waals surface area contributed by atoms with Gasteiger partial charge < -0.3 is 14.6 Å². The molecule has 7 nitrogen and oxygen atoms in total. The number of aromatic hydroxyl groups is 1. The van der Waals surface area contributed by atoms with E-state index in [1.165, 1.54) is 18.4 Å². The van der Waals surface area contributed by atoms with Crippen LogP contribution in [0.2, 0.25) is 0 Å². The second-order valence-electron chi connectivity index (χ2n) is 8.60. The predicted molar refractivity (Wildman–Crippen MR) is 154 cm³/mol. The number of hydrogen-bond donors (Lipinski definition) is 1. The minimum Gasteiger partial charge on any atom is -0.504 e. The topological polar surface area (TPSA) is 90.1 Å². The number of para-hydroxylation sites is 1. The van der Waals surface area contributed by atoms with Gasteiger partial charge in [-0.2, -0.15) is 0 Å². The van der Waals surface area contributed by atoms with Crippen LogP contribution in [0.3, 0.4) is 0 Å². The summed E-state index contributed by atoms with van der Waals surface area (Å²) in [6.45, 7) is 1.93. The molecule has 5 rings (SSSR count).